The Morgan fingerprint density at radius 2 is 2.36 bits per heavy atom. The number of nitrogens with zero attached hydrogens (tertiary/aromatic N) is 4. The quantitative estimate of drug-likeness (QED) is 0.938. The van der Waals surface area contributed by atoms with Crippen molar-refractivity contribution in [3.05, 3.63) is 42.1 Å². The molecule has 1 aliphatic rings. The number of anilines is 1. The molecule has 2 atom stereocenters. The van der Waals surface area contributed by atoms with Gasteiger partial charge in [-0.3, -0.25) is 0 Å². The summed E-state index contributed by atoms with van der Waals surface area (Å²) in [7, 11) is 0. The Morgan fingerprint density at radius 1 is 1.45 bits per heavy atom. The van der Waals surface area contributed by atoms with Crippen LogP contribution in [-0.4, -0.2) is 27.2 Å². The summed E-state index contributed by atoms with van der Waals surface area (Å²) >= 11 is 0. The first kappa shape index (κ1) is 14.5. The Hall–Kier alpha value is -2.39. The number of nitrogens with one attached hydrogen (secondary N) is 1. The zero-order valence-electron chi connectivity index (χ0n) is 12.6. The number of hydrogen-bond acceptors (Lipinski definition) is 5. The number of aryl methyl sites for hydroxylation is 1. The van der Waals surface area contributed by atoms with Gasteiger partial charge < -0.3 is 14.6 Å². The number of nitriles is 1. The zero-order chi connectivity index (χ0) is 15.4. The van der Waals surface area contributed by atoms with Crippen LogP contribution < -0.4 is 5.32 Å². The van der Waals surface area contributed by atoms with E-state index in [-0.39, 0.29) is 12.1 Å². The molecule has 1 fully saturated rings. The third-order valence-electron chi connectivity index (χ3n) is 3.89. The van der Waals surface area contributed by atoms with Crippen molar-refractivity contribution in [3.8, 4) is 6.07 Å². The third kappa shape index (κ3) is 2.95. The van der Waals surface area contributed by atoms with E-state index in [0.717, 1.165) is 37.6 Å². The van der Waals surface area contributed by atoms with Crippen molar-refractivity contribution in [3.63, 3.8) is 0 Å². The van der Waals surface area contributed by atoms with E-state index in [4.69, 9.17) is 10.00 Å². The average Bonchev–Trinajstić information content (AvgIpc) is 3.04. The highest BCUT2D eigenvalue weighted by molar-refractivity contribution is 5.40. The Bertz CT molecular complexity index is 658. The van der Waals surface area contributed by atoms with E-state index >= 15 is 0 Å². The van der Waals surface area contributed by atoms with Gasteiger partial charge in [0.1, 0.15) is 23.8 Å². The van der Waals surface area contributed by atoms with Crippen molar-refractivity contribution < 1.29 is 4.74 Å². The van der Waals surface area contributed by atoms with Crippen LogP contribution in [0.3, 0.4) is 0 Å². The highest BCUT2D eigenvalue weighted by Gasteiger charge is 2.30. The van der Waals surface area contributed by atoms with Crippen LogP contribution in [0.5, 0.6) is 0 Å². The predicted octanol–water partition coefficient (Wildman–Crippen LogP) is 2.50. The fourth-order valence-corrected chi connectivity index (χ4v) is 2.76. The molecule has 1 saturated heterocycles. The van der Waals surface area contributed by atoms with E-state index < -0.39 is 0 Å². The number of imidazole rings is 1. The Labute approximate surface area is 129 Å². The van der Waals surface area contributed by atoms with Crippen LogP contribution in [0.4, 0.5) is 5.82 Å². The maximum Gasteiger partial charge on any atom is 0.140 e. The lowest BCUT2D eigenvalue weighted by molar-refractivity contribution is -0.00178. The minimum absolute atomic E-state index is 0.0823. The molecular formula is C16H19N5O. The molecule has 114 valence electrons. The van der Waals surface area contributed by atoms with E-state index in [1.165, 1.54) is 0 Å². The molecule has 22 heavy (non-hydrogen) atoms. The van der Waals surface area contributed by atoms with Gasteiger partial charge in [-0.15, -0.1) is 0 Å². The molecule has 0 saturated carbocycles. The summed E-state index contributed by atoms with van der Waals surface area (Å²) in [5.74, 6) is 1.71. The van der Waals surface area contributed by atoms with Gasteiger partial charge in [0.25, 0.3) is 0 Å². The number of pyridine rings is 1. The molecule has 1 N–H and O–H groups in total. The maximum absolute atomic E-state index is 8.83. The summed E-state index contributed by atoms with van der Waals surface area (Å²) in [4.78, 5) is 8.75. The Balaban J connectivity index is 1.79. The zero-order valence-corrected chi connectivity index (χ0v) is 12.6. The second-order valence-corrected chi connectivity index (χ2v) is 5.30. The molecule has 2 aromatic heterocycles. The molecule has 6 nitrogen and oxygen atoms in total. The van der Waals surface area contributed by atoms with E-state index in [1.807, 2.05) is 18.5 Å². The van der Waals surface area contributed by atoms with Crippen LogP contribution in [0.25, 0.3) is 0 Å². The molecule has 0 unspecified atom stereocenters. The molecule has 6 heteroatoms. The lowest BCUT2D eigenvalue weighted by Crippen LogP contribution is -2.35. The normalized spacial score (nSPS) is 21.3. The fraction of sp³-hybridized carbons (Fsp3) is 0.438. The third-order valence-corrected chi connectivity index (χ3v) is 3.89. The van der Waals surface area contributed by atoms with Gasteiger partial charge in [-0.05, 0) is 31.9 Å². The first-order valence-electron chi connectivity index (χ1n) is 7.57. The SMILES string of the molecule is CCn1ccnc1[C@H]1OCCC[C@@H]1Nc1ccc(C#N)cn1. The number of hydrogen-bond donors (Lipinski definition) is 1. The lowest BCUT2D eigenvalue weighted by atomic mass is 10.0. The molecule has 1 aliphatic heterocycles. The highest BCUT2D eigenvalue weighted by Crippen LogP contribution is 2.29. The topological polar surface area (TPSA) is 75.8 Å². The second-order valence-electron chi connectivity index (χ2n) is 5.30. The standard InChI is InChI=1S/C16H19N5O/c1-2-21-8-7-18-16(21)15-13(4-3-9-22-15)20-14-6-5-12(10-17)11-19-14/h5-8,11,13,15H,2-4,9H2,1H3,(H,19,20)/t13-,15-/m0/s1. The molecule has 2 aromatic rings. The summed E-state index contributed by atoms with van der Waals surface area (Å²) in [6.07, 6.45) is 7.30. The van der Waals surface area contributed by atoms with Gasteiger partial charge in [-0.25, -0.2) is 9.97 Å². The van der Waals surface area contributed by atoms with E-state index in [1.54, 1.807) is 12.3 Å². The number of rotatable bonds is 4. The molecular weight excluding hydrogens is 278 g/mol. The van der Waals surface area contributed by atoms with Crippen LogP contribution in [0.1, 0.15) is 37.3 Å². The van der Waals surface area contributed by atoms with Crippen molar-refractivity contribution >= 4 is 5.82 Å². The molecule has 0 aromatic carbocycles. The van der Waals surface area contributed by atoms with Crippen molar-refractivity contribution in [2.75, 3.05) is 11.9 Å². The van der Waals surface area contributed by atoms with Gasteiger partial charge in [0, 0.05) is 31.7 Å². The summed E-state index contributed by atoms with van der Waals surface area (Å²) in [5, 5.41) is 12.3. The minimum Gasteiger partial charge on any atom is -0.368 e. The van der Waals surface area contributed by atoms with Crippen molar-refractivity contribution in [2.45, 2.75) is 38.5 Å². The molecule has 0 radical (unpaired) electrons. The van der Waals surface area contributed by atoms with Gasteiger partial charge in [-0.1, -0.05) is 0 Å². The van der Waals surface area contributed by atoms with Gasteiger partial charge >= 0.3 is 0 Å². The average molecular weight is 297 g/mol. The summed E-state index contributed by atoms with van der Waals surface area (Å²) in [5.41, 5.74) is 0.559. The summed E-state index contributed by atoms with van der Waals surface area (Å²) in [6, 6.07) is 5.80. The van der Waals surface area contributed by atoms with Crippen LogP contribution in [0, 0.1) is 11.3 Å². The molecule has 3 heterocycles. The van der Waals surface area contributed by atoms with Crippen molar-refractivity contribution in [2.24, 2.45) is 0 Å². The largest absolute Gasteiger partial charge is 0.368 e. The molecule has 0 spiro atoms. The first-order valence-corrected chi connectivity index (χ1v) is 7.57. The van der Waals surface area contributed by atoms with E-state index in [9.17, 15) is 0 Å². The van der Waals surface area contributed by atoms with Crippen molar-refractivity contribution in [1.82, 2.24) is 14.5 Å². The molecule has 0 aliphatic carbocycles. The van der Waals surface area contributed by atoms with Gasteiger partial charge in [0.2, 0.25) is 0 Å². The summed E-state index contributed by atoms with van der Waals surface area (Å²) in [6.45, 7) is 3.72. The number of ether oxygens (including phenoxy) is 1. The summed E-state index contributed by atoms with van der Waals surface area (Å²) < 4.78 is 8.08. The van der Waals surface area contributed by atoms with Gasteiger partial charge in [-0.2, -0.15) is 5.26 Å². The predicted molar refractivity (Wildman–Crippen MR) is 82.2 cm³/mol. The van der Waals surface area contributed by atoms with Crippen LogP contribution in [0.15, 0.2) is 30.7 Å². The molecule has 3 rings (SSSR count). The smallest absolute Gasteiger partial charge is 0.140 e. The maximum atomic E-state index is 8.83. The van der Waals surface area contributed by atoms with Crippen LogP contribution in [-0.2, 0) is 11.3 Å². The van der Waals surface area contributed by atoms with Crippen LogP contribution >= 0.6 is 0 Å². The van der Waals surface area contributed by atoms with E-state index in [0.29, 0.717) is 5.56 Å². The molecule has 0 amide bonds. The Kier molecular flexibility index (Phi) is 4.35. The van der Waals surface area contributed by atoms with Gasteiger partial charge in [0.05, 0.1) is 11.6 Å². The van der Waals surface area contributed by atoms with Gasteiger partial charge in [0.15, 0.2) is 0 Å². The Morgan fingerprint density at radius 3 is 3.09 bits per heavy atom. The lowest BCUT2D eigenvalue weighted by Gasteiger charge is -2.32. The second kappa shape index (κ2) is 6.58. The first-order chi connectivity index (χ1) is 10.8. The monoisotopic (exact) mass is 297 g/mol. The highest BCUT2D eigenvalue weighted by atomic mass is 16.5. The van der Waals surface area contributed by atoms with Crippen LogP contribution in [0.2, 0.25) is 0 Å². The minimum atomic E-state index is -0.0823. The number of aromatic nitrogens is 3. The van der Waals surface area contributed by atoms with E-state index in [2.05, 4.69) is 32.8 Å². The van der Waals surface area contributed by atoms with Crippen molar-refractivity contribution in [1.29, 1.82) is 5.26 Å². The molecule has 0 bridgehead atoms. The fourth-order valence-electron chi connectivity index (χ4n) is 2.76.